The molecule has 0 saturated carbocycles. The molecule has 1 aliphatic rings. The highest BCUT2D eigenvalue weighted by molar-refractivity contribution is 7.91. The minimum Gasteiger partial charge on any atom is -0.465 e. The van der Waals surface area contributed by atoms with E-state index in [0.717, 1.165) is 11.1 Å². The third kappa shape index (κ3) is 4.47. The van der Waals surface area contributed by atoms with E-state index in [9.17, 15) is 18.0 Å². The van der Waals surface area contributed by atoms with Gasteiger partial charge in [-0.15, -0.1) is 0 Å². The van der Waals surface area contributed by atoms with Gasteiger partial charge in [0.1, 0.15) is 0 Å². The maximum absolute atomic E-state index is 12.4. The molecule has 3 aromatic rings. The number of carbonyl (C=O) groups excluding carboxylic acids is 1. The molecule has 0 fully saturated rings. The zero-order valence-electron chi connectivity index (χ0n) is 15.8. The number of primary amides is 1. The molecule has 30 heavy (non-hydrogen) atoms. The zero-order chi connectivity index (χ0) is 21.7. The summed E-state index contributed by atoms with van der Waals surface area (Å²) < 4.78 is 24.7. The minimum absolute atomic E-state index is 0.00125. The molecular formula is C21H19N3O5S. The molecule has 2 amide bonds. The van der Waals surface area contributed by atoms with Crippen LogP contribution in [0.1, 0.15) is 21.5 Å². The van der Waals surface area contributed by atoms with Crippen LogP contribution in [0.5, 0.6) is 0 Å². The van der Waals surface area contributed by atoms with Crippen LogP contribution < -0.4 is 5.73 Å². The molecule has 1 aliphatic heterocycles. The van der Waals surface area contributed by atoms with Crippen molar-refractivity contribution in [2.24, 2.45) is 5.73 Å². The maximum atomic E-state index is 12.4. The van der Waals surface area contributed by atoms with Crippen molar-refractivity contribution >= 4 is 21.8 Å². The molecule has 1 aromatic heterocycles. The number of rotatable bonds is 3. The van der Waals surface area contributed by atoms with E-state index in [1.807, 2.05) is 6.07 Å². The van der Waals surface area contributed by atoms with Crippen LogP contribution >= 0.6 is 0 Å². The Morgan fingerprint density at radius 1 is 0.933 bits per heavy atom. The Hall–Kier alpha value is -3.72. The van der Waals surface area contributed by atoms with Gasteiger partial charge in [-0.05, 0) is 41.5 Å². The fourth-order valence-corrected chi connectivity index (χ4v) is 4.47. The minimum atomic E-state index is -3.72. The lowest BCUT2D eigenvalue weighted by atomic mass is 10.2. The van der Waals surface area contributed by atoms with Crippen molar-refractivity contribution in [1.82, 2.24) is 9.88 Å². The standard InChI is InChI=1S/C13H11NO3S.C8H8N2O2/c14-13(15)11-8-4-5-9-12(11)18(16,17)10-6-2-1-3-7-10;11-8(12)10-4-6-1-2-9-3-7(6)5-10/h1-9H,(H2,14,15);1-3H,4-5H2,(H,11,12). The van der Waals surface area contributed by atoms with Crippen LogP contribution in [0, 0.1) is 0 Å². The lowest BCUT2D eigenvalue weighted by molar-refractivity contribution is 0.0997. The Kier molecular flexibility index (Phi) is 6.12. The van der Waals surface area contributed by atoms with Gasteiger partial charge in [0, 0.05) is 18.9 Å². The van der Waals surface area contributed by atoms with E-state index in [4.69, 9.17) is 10.8 Å². The Morgan fingerprint density at radius 3 is 2.20 bits per heavy atom. The Balaban J connectivity index is 0.000000184. The van der Waals surface area contributed by atoms with Gasteiger partial charge in [0.15, 0.2) is 0 Å². The van der Waals surface area contributed by atoms with Gasteiger partial charge >= 0.3 is 6.09 Å². The SMILES string of the molecule is NC(=O)c1ccccc1S(=O)(=O)c1ccccc1.O=C(O)N1Cc2ccncc2C1. The topological polar surface area (TPSA) is 131 Å². The van der Waals surface area contributed by atoms with Crippen molar-refractivity contribution in [3.05, 3.63) is 89.7 Å². The van der Waals surface area contributed by atoms with E-state index < -0.39 is 21.8 Å². The average Bonchev–Trinajstić information content (AvgIpc) is 3.20. The van der Waals surface area contributed by atoms with Crippen LogP contribution in [0.3, 0.4) is 0 Å². The molecule has 0 saturated heterocycles. The second-order valence-electron chi connectivity index (χ2n) is 6.46. The summed E-state index contributed by atoms with van der Waals surface area (Å²) in [7, 11) is -3.72. The summed E-state index contributed by atoms with van der Waals surface area (Å²) in [5, 5.41) is 8.69. The van der Waals surface area contributed by atoms with Gasteiger partial charge in [-0.25, -0.2) is 13.2 Å². The number of nitrogens with zero attached hydrogens (tertiary/aromatic N) is 2. The number of carbonyl (C=O) groups is 2. The molecule has 0 atom stereocenters. The zero-order valence-corrected chi connectivity index (χ0v) is 16.6. The van der Waals surface area contributed by atoms with Crippen LogP contribution in [0.4, 0.5) is 4.79 Å². The molecule has 154 valence electrons. The van der Waals surface area contributed by atoms with Crippen molar-refractivity contribution in [1.29, 1.82) is 0 Å². The van der Waals surface area contributed by atoms with Gasteiger partial charge in [-0.2, -0.15) is 0 Å². The molecular weight excluding hydrogens is 406 g/mol. The number of aromatic nitrogens is 1. The molecule has 0 radical (unpaired) electrons. The summed E-state index contributed by atoms with van der Waals surface area (Å²) in [6.07, 6.45) is 2.54. The van der Waals surface area contributed by atoms with Crippen molar-refractivity contribution in [2.75, 3.05) is 0 Å². The van der Waals surface area contributed by atoms with Gasteiger partial charge in [-0.3, -0.25) is 14.7 Å². The molecule has 2 heterocycles. The highest BCUT2D eigenvalue weighted by Crippen LogP contribution is 2.23. The number of pyridine rings is 1. The van der Waals surface area contributed by atoms with E-state index in [-0.39, 0.29) is 15.4 Å². The van der Waals surface area contributed by atoms with Gasteiger partial charge in [0.05, 0.1) is 21.9 Å². The van der Waals surface area contributed by atoms with E-state index in [2.05, 4.69) is 4.98 Å². The fraction of sp³-hybridized carbons (Fsp3) is 0.0952. The first-order chi connectivity index (χ1) is 14.3. The van der Waals surface area contributed by atoms with Crippen molar-refractivity contribution in [2.45, 2.75) is 22.9 Å². The van der Waals surface area contributed by atoms with Crippen molar-refractivity contribution in [3.8, 4) is 0 Å². The van der Waals surface area contributed by atoms with Crippen LogP contribution in [0.2, 0.25) is 0 Å². The first kappa shape index (κ1) is 21.0. The predicted octanol–water partition coefficient (Wildman–Crippen LogP) is 2.69. The number of hydrogen-bond donors (Lipinski definition) is 2. The monoisotopic (exact) mass is 425 g/mol. The number of hydrogen-bond acceptors (Lipinski definition) is 5. The summed E-state index contributed by atoms with van der Waals surface area (Å²) in [6, 6.07) is 15.7. The Morgan fingerprint density at radius 2 is 1.57 bits per heavy atom. The third-order valence-electron chi connectivity index (χ3n) is 4.49. The molecule has 8 nitrogen and oxygen atoms in total. The number of nitrogens with two attached hydrogens (primary N) is 1. The Labute approximate surface area is 173 Å². The van der Waals surface area contributed by atoms with Gasteiger partial charge < -0.3 is 10.8 Å². The van der Waals surface area contributed by atoms with Crippen LogP contribution in [0.25, 0.3) is 0 Å². The Bertz CT molecular complexity index is 1160. The molecule has 9 heteroatoms. The lowest BCUT2D eigenvalue weighted by Crippen LogP contribution is -2.22. The summed E-state index contributed by atoms with van der Waals surface area (Å²) in [6.45, 7) is 0.964. The van der Waals surface area contributed by atoms with Gasteiger partial charge in [0.2, 0.25) is 15.7 Å². The summed E-state index contributed by atoms with van der Waals surface area (Å²) >= 11 is 0. The van der Waals surface area contributed by atoms with Crippen molar-refractivity contribution in [3.63, 3.8) is 0 Å². The first-order valence-electron chi connectivity index (χ1n) is 8.89. The van der Waals surface area contributed by atoms with Gasteiger partial charge in [0.25, 0.3) is 0 Å². The van der Waals surface area contributed by atoms with Gasteiger partial charge in [-0.1, -0.05) is 30.3 Å². The van der Waals surface area contributed by atoms with Crippen LogP contribution in [-0.2, 0) is 22.9 Å². The van der Waals surface area contributed by atoms with E-state index in [1.165, 1.54) is 29.2 Å². The van der Waals surface area contributed by atoms with Crippen LogP contribution in [0.15, 0.2) is 82.8 Å². The summed E-state index contributed by atoms with van der Waals surface area (Å²) in [5.74, 6) is -0.759. The fourth-order valence-electron chi connectivity index (χ4n) is 2.99. The quantitative estimate of drug-likeness (QED) is 0.663. The highest BCUT2D eigenvalue weighted by Gasteiger charge is 2.23. The molecule has 2 aromatic carbocycles. The second kappa shape index (κ2) is 8.75. The molecule has 0 spiro atoms. The van der Waals surface area contributed by atoms with E-state index in [1.54, 1.807) is 42.7 Å². The van der Waals surface area contributed by atoms with Crippen molar-refractivity contribution < 1.29 is 23.1 Å². The largest absolute Gasteiger partial charge is 0.465 e. The normalized spacial score (nSPS) is 12.5. The van der Waals surface area contributed by atoms with E-state index >= 15 is 0 Å². The predicted molar refractivity (Wildman–Crippen MR) is 108 cm³/mol. The molecule has 0 bridgehead atoms. The summed E-state index contributed by atoms with van der Waals surface area (Å²) in [4.78, 5) is 27.2. The second-order valence-corrected chi connectivity index (χ2v) is 8.38. The number of fused-ring (bicyclic) bond motifs is 1. The smallest absolute Gasteiger partial charge is 0.407 e. The van der Waals surface area contributed by atoms with E-state index in [0.29, 0.717) is 13.1 Å². The molecule has 0 unspecified atom stereocenters. The number of carboxylic acid groups (broad SMARTS) is 1. The maximum Gasteiger partial charge on any atom is 0.407 e. The first-order valence-corrected chi connectivity index (χ1v) is 10.4. The summed E-state index contributed by atoms with van der Waals surface area (Å²) in [5.41, 5.74) is 7.26. The number of benzene rings is 2. The third-order valence-corrected chi connectivity index (χ3v) is 6.32. The molecule has 0 aliphatic carbocycles. The number of sulfone groups is 1. The highest BCUT2D eigenvalue weighted by atomic mass is 32.2. The van der Waals surface area contributed by atoms with Crippen LogP contribution in [-0.4, -0.2) is 35.4 Å². The number of amides is 2. The molecule has 4 rings (SSSR count). The molecule has 3 N–H and O–H groups in total. The average molecular weight is 425 g/mol. The lowest BCUT2D eigenvalue weighted by Gasteiger charge is -2.08.